The molecule has 0 saturated carbocycles. The van der Waals surface area contributed by atoms with Gasteiger partial charge < -0.3 is 14.6 Å². The van der Waals surface area contributed by atoms with Crippen molar-refractivity contribution < 1.29 is 22.7 Å². The second-order valence-corrected chi connectivity index (χ2v) is 9.23. The summed E-state index contributed by atoms with van der Waals surface area (Å²) in [4.78, 5) is 29.7. The summed E-state index contributed by atoms with van der Waals surface area (Å²) in [7, 11) is -3.18. The van der Waals surface area contributed by atoms with Crippen molar-refractivity contribution in [2.45, 2.75) is 12.5 Å². The molecule has 0 radical (unpaired) electrons. The minimum absolute atomic E-state index is 0.0448. The molecule has 29 heavy (non-hydrogen) atoms. The number of fused-ring (bicyclic) bond motifs is 1. The predicted octanol–water partition coefficient (Wildman–Crippen LogP) is 2.54. The Morgan fingerprint density at radius 3 is 2.48 bits per heavy atom. The largest absolute Gasteiger partial charge is 0.451 e. The number of para-hydroxylation sites is 2. The van der Waals surface area contributed by atoms with Crippen LogP contribution in [0.5, 0.6) is 0 Å². The van der Waals surface area contributed by atoms with E-state index in [0.717, 1.165) is 10.9 Å². The Bertz CT molecular complexity index is 1120. The summed E-state index contributed by atoms with van der Waals surface area (Å²) in [6.45, 7) is -0.473. The van der Waals surface area contributed by atoms with E-state index in [1.54, 1.807) is 30.3 Å². The summed E-state index contributed by atoms with van der Waals surface area (Å²) in [6.07, 6.45) is 0.360. The van der Waals surface area contributed by atoms with Crippen LogP contribution in [0.25, 0.3) is 10.9 Å². The van der Waals surface area contributed by atoms with Gasteiger partial charge in [0.15, 0.2) is 16.4 Å². The summed E-state index contributed by atoms with van der Waals surface area (Å²) < 4.78 is 29.0. The number of amides is 1. The number of hydrogen-bond donors (Lipinski definition) is 1. The number of H-pyrrole nitrogens is 1. The van der Waals surface area contributed by atoms with Gasteiger partial charge in [-0.15, -0.1) is 0 Å². The molecule has 1 aliphatic heterocycles. The van der Waals surface area contributed by atoms with Crippen LogP contribution in [0.2, 0.25) is 0 Å². The van der Waals surface area contributed by atoms with Crippen molar-refractivity contribution in [3.8, 4) is 0 Å². The molecule has 0 bridgehead atoms. The SMILES string of the molecule is O=C(OCC(=O)N(c1ccccc1)[C@@H]1CCS(=O)(=O)C1)c1cc2ccccc2[nH]1. The number of nitrogens with one attached hydrogen (secondary N) is 1. The molecule has 2 heterocycles. The molecule has 150 valence electrons. The summed E-state index contributed by atoms with van der Waals surface area (Å²) >= 11 is 0. The Kier molecular flexibility index (Phi) is 5.10. The monoisotopic (exact) mass is 412 g/mol. The third kappa shape index (κ3) is 4.17. The lowest BCUT2D eigenvalue weighted by Gasteiger charge is -2.28. The van der Waals surface area contributed by atoms with Crippen molar-refractivity contribution in [2.24, 2.45) is 0 Å². The fourth-order valence-corrected chi connectivity index (χ4v) is 5.28. The molecular weight excluding hydrogens is 392 g/mol. The predicted molar refractivity (Wildman–Crippen MR) is 110 cm³/mol. The Labute approximate surface area is 168 Å². The van der Waals surface area contributed by atoms with E-state index in [-0.39, 0.29) is 17.2 Å². The number of carbonyl (C=O) groups is 2. The molecule has 7 nitrogen and oxygen atoms in total. The molecule has 2 aromatic carbocycles. The molecule has 0 spiro atoms. The number of nitrogens with zero attached hydrogens (tertiary/aromatic N) is 1. The number of benzene rings is 2. The second kappa shape index (κ2) is 7.71. The van der Waals surface area contributed by atoms with E-state index in [2.05, 4.69) is 4.98 Å². The molecule has 1 aromatic heterocycles. The second-order valence-electron chi connectivity index (χ2n) is 7.00. The van der Waals surface area contributed by atoms with Gasteiger partial charge in [-0.05, 0) is 30.7 Å². The Hall–Kier alpha value is -3.13. The molecule has 3 aromatic rings. The van der Waals surface area contributed by atoms with Crippen molar-refractivity contribution in [3.05, 3.63) is 66.4 Å². The van der Waals surface area contributed by atoms with Crippen LogP contribution in [0.4, 0.5) is 5.69 Å². The van der Waals surface area contributed by atoms with Crippen molar-refractivity contribution in [1.82, 2.24) is 4.98 Å². The lowest BCUT2D eigenvalue weighted by atomic mass is 10.2. The van der Waals surface area contributed by atoms with Crippen LogP contribution in [0, 0.1) is 0 Å². The Morgan fingerprint density at radius 2 is 1.79 bits per heavy atom. The average molecular weight is 412 g/mol. The standard InChI is InChI=1S/C21H20N2O5S/c24-20(13-28-21(25)19-12-15-6-4-5-9-18(15)22-19)23(16-7-2-1-3-8-16)17-10-11-29(26,27)14-17/h1-9,12,17,22H,10-11,13-14H2/t17-/m1/s1. The molecule has 0 aliphatic carbocycles. The lowest BCUT2D eigenvalue weighted by Crippen LogP contribution is -2.43. The van der Waals surface area contributed by atoms with Crippen LogP contribution < -0.4 is 4.90 Å². The highest BCUT2D eigenvalue weighted by molar-refractivity contribution is 7.91. The van der Waals surface area contributed by atoms with E-state index in [1.807, 2.05) is 30.3 Å². The number of aromatic nitrogens is 1. The van der Waals surface area contributed by atoms with E-state index >= 15 is 0 Å². The quantitative estimate of drug-likeness (QED) is 0.650. The highest BCUT2D eigenvalue weighted by atomic mass is 32.2. The average Bonchev–Trinajstić information content (AvgIpc) is 3.30. The van der Waals surface area contributed by atoms with Crippen LogP contribution in [0.1, 0.15) is 16.9 Å². The first-order chi connectivity index (χ1) is 13.9. The van der Waals surface area contributed by atoms with Crippen LogP contribution in [0.15, 0.2) is 60.7 Å². The summed E-state index contributed by atoms with van der Waals surface area (Å²) in [5, 5.41) is 0.868. The first kappa shape index (κ1) is 19.2. The fraction of sp³-hybridized carbons (Fsp3) is 0.238. The highest BCUT2D eigenvalue weighted by Crippen LogP contribution is 2.25. The maximum Gasteiger partial charge on any atom is 0.355 e. The van der Waals surface area contributed by atoms with E-state index in [4.69, 9.17) is 4.74 Å². The lowest BCUT2D eigenvalue weighted by molar-refractivity contribution is -0.122. The molecule has 1 N–H and O–H groups in total. The van der Waals surface area contributed by atoms with Crippen molar-refractivity contribution >= 4 is 38.3 Å². The van der Waals surface area contributed by atoms with E-state index in [9.17, 15) is 18.0 Å². The van der Waals surface area contributed by atoms with Gasteiger partial charge in [-0.2, -0.15) is 0 Å². The minimum atomic E-state index is -3.18. The van der Waals surface area contributed by atoms with Crippen LogP contribution >= 0.6 is 0 Å². The number of aromatic amines is 1. The molecule has 1 atom stereocenters. The number of ether oxygens (including phenoxy) is 1. The topological polar surface area (TPSA) is 96.5 Å². The smallest absolute Gasteiger partial charge is 0.355 e. The van der Waals surface area contributed by atoms with Crippen LogP contribution in [-0.2, 0) is 19.4 Å². The molecule has 1 saturated heterocycles. The van der Waals surface area contributed by atoms with Gasteiger partial charge in [-0.25, -0.2) is 13.2 Å². The summed E-state index contributed by atoms with van der Waals surface area (Å²) in [5.74, 6) is -1.14. The van der Waals surface area contributed by atoms with Crippen molar-refractivity contribution in [2.75, 3.05) is 23.0 Å². The number of hydrogen-bond acceptors (Lipinski definition) is 5. The van der Waals surface area contributed by atoms with Crippen LogP contribution in [0.3, 0.4) is 0 Å². The summed E-state index contributed by atoms with van der Waals surface area (Å²) in [6, 6.07) is 17.5. The number of anilines is 1. The van der Waals surface area contributed by atoms with E-state index < -0.39 is 34.4 Å². The molecule has 1 aliphatic rings. The van der Waals surface area contributed by atoms with Gasteiger partial charge in [0, 0.05) is 16.6 Å². The zero-order valence-electron chi connectivity index (χ0n) is 15.6. The fourth-order valence-electron chi connectivity index (χ4n) is 3.58. The number of esters is 1. The van der Waals surface area contributed by atoms with Crippen molar-refractivity contribution in [3.63, 3.8) is 0 Å². The summed E-state index contributed by atoms with van der Waals surface area (Å²) in [5.41, 5.74) is 1.64. The normalized spacial score (nSPS) is 17.9. The molecule has 1 fully saturated rings. The third-order valence-corrected chi connectivity index (χ3v) is 6.70. The number of sulfone groups is 1. The Morgan fingerprint density at radius 1 is 1.07 bits per heavy atom. The third-order valence-electron chi connectivity index (χ3n) is 4.95. The van der Waals surface area contributed by atoms with Gasteiger partial charge in [0.25, 0.3) is 5.91 Å². The van der Waals surface area contributed by atoms with Gasteiger partial charge in [0.2, 0.25) is 0 Å². The van der Waals surface area contributed by atoms with Gasteiger partial charge in [-0.1, -0.05) is 36.4 Å². The Balaban J connectivity index is 1.50. The molecule has 0 unspecified atom stereocenters. The molecular formula is C21H20N2O5S. The van der Waals surface area contributed by atoms with Gasteiger partial charge in [-0.3, -0.25) is 4.79 Å². The minimum Gasteiger partial charge on any atom is -0.451 e. The zero-order valence-corrected chi connectivity index (χ0v) is 16.4. The first-order valence-electron chi connectivity index (χ1n) is 9.25. The zero-order chi connectivity index (χ0) is 20.4. The maximum atomic E-state index is 12.9. The van der Waals surface area contributed by atoms with Gasteiger partial charge >= 0.3 is 5.97 Å². The molecule has 8 heteroatoms. The first-order valence-corrected chi connectivity index (χ1v) is 11.1. The maximum absolute atomic E-state index is 12.9. The van der Waals surface area contributed by atoms with Gasteiger partial charge in [0.1, 0.15) is 5.69 Å². The van der Waals surface area contributed by atoms with E-state index in [0.29, 0.717) is 12.1 Å². The number of rotatable bonds is 5. The van der Waals surface area contributed by atoms with Gasteiger partial charge in [0.05, 0.1) is 17.5 Å². The van der Waals surface area contributed by atoms with E-state index in [1.165, 1.54) is 4.90 Å². The molecule has 1 amide bonds. The number of carbonyl (C=O) groups excluding carboxylic acids is 2. The van der Waals surface area contributed by atoms with Crippen LogP contribution in [-0.4, -0.2) is 49.4 Å². The van der Waals surface area contributed by atoms with Crippen molar-refractivity contribution in [1.29, 1.82) is 0 Å². The molecule has 4 rings (SSSR count). The highest BCUT2D eigenvalue weighted by Gasteiger charge is 2.35.